The van der Waals surface area contributed by atoms with Gasteiger partial charge in [0.05, 0.1) is 6.61 Å². The fourth-order valence-corrected chi connectivity index (χ4v) is 3.35. The second kappa shape index (κ2) is 6.20. The van der Waals surface area contributed by atoms with Gasteiger partial charge in [-0.2, -0.15) is 0 Å². The SMILES string of the molecule is Cc1cccc([C@@H](C)NCc2cc(Br)cc3c2OCC3)c1. The fraction of sp³-hybridized carbons (Fsp3) is 0.333. The molecule has 1 N–H and O–H groups in total. The zero-order chi connectivity index (χ0) is 14.8. The van der Waals surface area contributed by atoms with Gasteiger partial charge in [-0.25, -0.2) is 0 Å². The van der Waals surface area contributed by atoms with Gasteiger partial charge < -0.3 is 10.1 Å². The minimum atomic E-state index is 0.320. The largest absolute Gasteiger partial charge is 0.493 e. The summed E-state index contributed by atoms with van der Waals surface area (Å²) in [5.74, 6) is 1.07. The second-order valence-corrected chi connectivity index (χ2v) is 6.58. The molecule has 0 radical (unpaired) electrons. The summed E-state index contributed by atoms with van der Waals surface area (Å²) in [4.78, 5) is 0. The Morgan fingerprint density at radius 1 is 1.29 bits per heavy atom. The third kappa shape index (κ3) is 3.30. The van der Waals surface area contributed by atoms with Crippen molar-refractivity contribution in [1.82, 2.24) is 5.32 Å². The van der Waals surface area contributed by atoms with Crippen LogP contribution in [-0.2, 0) is 13.0 Å². The average molecular weight is 346 g/mol. The number of nitrogens with one attached hydrogen (secondary N) is 1. The van der Waals surface area contributed by atoms with Crippen molar-refractivity contribution in [2.24, 2.45) is 0 Å². The summed E-state index contributed by atoms with van der Waals surface area (Å²) in [6.45, 7) is 5.95. The Balaban J connectivity index is 1.73. The van der Waals surface area contributed by atoms with Crippen LogP contribution in [0.2, 0.25) is 0 Å². The van der Waals surface area contributed by atoms with E-state index in [9.17, 15) is 0 Å². The molecule has 0 aromatic heterocycles. The van der Waals surface area contributed by atoms with Crippen molar-refractivity contribution in [3.8, 4) is 5.75 Å². The normalized spacial score (nSPS) is 14.6. The molecule has 0 unspecified atom stereocenters. The van der Waals surface area contributed by atoms with E-state index in [4.69, 9.17) is 4.74 Å². The molecule has 0 fully saturated rings. The van der Waals surface area contributed by atoms with Crippen molar-refractivity contribution >= 4 is 15.9 Å². The topological polar surface area (TPSA) is 21.3 Å². The van der Waals surface area contributed by atoms with E-state index in [2.05, 4.69) is 71.5 Å². The molecule has 0 bridgehead atoms. The van der Waals surface area contributed by atoms with Crippen LogP contribution < -0.4 is 10.1 Å². The maximum Gasteiger partial charge on any atom is 0.127 e. The number of benzene rings is 2. The third-order valence-electron chi connectivity index (χ3n) is 3.97. The number of ether oxygens (including phenoxy) is 1. The first-order chi connectivity index (χ1) is 10.1. The van der Waals surface area contributed by atoms with E-state index in [1.807, 2.05) is 0 Å². The van der Waals surface area contributed by atoms with Gasteiger partial charge in [0.2, 0.25) is 0 Å². The van der Waals surface area contributed by atoms with Crippen LogP contribution in [0.4, 0.5) is 0 Å². The molecule has 3 heteroatoms. The molecular weight excluding hydrogens is 326 g/mol. The molecule has 1 heterocycles. The Morgan fingerprint density at radius 2 is 2.14 bits per heavy atom. The predicted octanol–water partition coefficient (Wildman–Crippen LogP) is 4.54. The highest BCUT2D eigenvalue weighted by molar-refractivity contribution is 9.10. The van der Waals surface area contributed by atoms with E-state index in [1.165, 1.54) is 22.3 Å². The molecule has 2 nitrogen and oxygen atoms in total. The van der Waals surface area contributed by atoms with Gasteiger partial charge in [0.25, 0.3) is 0 Å². The number of halogens is 1. The molecule has 1 atom stereocenters. The van der Waals surface area contributed by atoms with Crippen molar-refractivity contribution in [2.45, 2.75) is 32.9 Å². The van der Waals surface area contributed by atoms with Crippen molar-refractivity contribution in [3.05, 3.63) is 63.1 Å². The van der Waals surface area contributed by atoms with Crippen molar-refractivity contribution in [3.63, 3.8) is 0 Å². The van der Waals surface area contributed by atoms with Crippen molar-refractivity contribution < 1.29 is 4.74 Å². The smallest absolute Gasteiger partial charge is 0.127 e. The Bertz CT molecular complexity index is 654. The minimum Gasteiger partial charge on any atom is -0.493 e. The van der Waals surface area contributed by atoms with E-state index in [0.717, 1.165) is 29.8 Å². The number of fused-ring (bicyclic) bond motifs is 1. The highest BCUT2D eigenvalue weighted by Gasteiger charge is 2.17. The van der Waals surface area contributed by atoms with Gasteiger partial charge in [0, 0.05) is 29.0 Å². The second-order valence-electron chi connectivity index (χ2n) is 5.67. The maximum absolute atomic E-state index is 5.78. The summed E-state index contributed by atoms with van der Waals surface area (Å²) in [7, 11) is 0. The Labute approximate surface area is 134 Å². The van der Waals surface area contributed by atoms with E-state index in [-0.39, 0.29) is 0 Å². The zero-order valence-electron chi connectivity index (χ0n) is 12.4. The van der Waals surface area contributed by atoms with Gasteiger partial charge in [0.1, 0.15) is 5.75 Å². The van der Waals surface area contributed by atoms with Crippen LogP contribution in [0, 0.1) is 6.92 Å². The van der Waals surface area contributed by atoms with Crippen LogP contribution in [0.5, 0.6) is 5.75 Å². The zero-order valence-corrected chi connectivity index (χ0v) is 14.0. The number of rotatable bonds is 4. The molecule has 2 aromatic carbocycles. The standard InChI is InChI=1S/C18H20BrNO/c1-12-4-3-5-14(8-12)13(2)20-11-16-10-17(19)9-15-6-7-21-18(15)16/h3-5,8-10,13,20H,6-7,11H2,1-2H3/t13-/m1/s1. The van der Waals surface area contributed by atoms with Crippen LogP contribution in [-0.4, -0.2) is 6.61 Å². The number of hydrogen-bond donors (Lipinski definition) is 1. The Morgan fingerprint density at radius 3 is 2.95 bits per heavy atom. The van der Waals surface area contributed by atoms with Gasteiger partial charge in [-0.1, -0.05) is 45.8 Å². The average Bonchev–Trinajstić information content (AvgIpc) is 2.92. The summed E-state index contributed by atoms with van der Waals surface area (Å²) in [5.41, 5.74) is 5.16. The van der Waals surface area contributed by atoms with Crippen LogP contribution in [0.3, 0.4) is 0 Å². The van der Waals surface area contributed by atoms with Gasteiger partial charge in [-0.05, 0) is 37.1 Å². The predicted molar refractivity (Wildman–Crippen MR) is 89.8 cm³/mol. The lowest BCUT2D eigenvalue weighted by Crippen LogP contribution is -2.18. The lowest BCUT2D eigenvalue weighted by Gasteiger charge is -2.16. The Kier molecular flexibility index (Phi) is 4.32. The number of aryl methyl sites for hydroxylation is 1. The van der Waals surface area contributed by atoms with E-state index >= 15 is 0 Å². The number of hydrogen-bond acceptors (Lipinski definition) is 2. The van der Waals surface area contributed by atoms with E-state index in [0.29, 0.717) is 6.04 Å². The molecule has 1 aliphatic rings. The molecule has 0 saturated carbocycles. The molecular formula is C18H20BrNO. The molecule has 0 amide bonds. The lowest BCUT2D eigenvalue weighted by molar-refractivity contribution is 0.351. The quantitative estimate of drug-likeness (QED) is 0.877. The third-order valence-corrected chi connectivity index (χ3v) is 4.42. The monoisotopic (exact) mass is 345 g/mol. The summed E-state index contributed by atoms with van der Waals surface area (Å²) in [6, 6.07) is 13.3. The molecule has 1 aliphatic heterocycles. The van der Waals surface area contributed by atoms with Crippen molar-refractivity contribution in [2.75, 3.05) is 6.61 Å². The summed E-state index contributed by atoms with van der Waals surface area (Å²) >= 11 is 3.59. The first-order valence-electron chi connectivity index (χ1n) is 7.37. The molecule has 110 valence electrons. The first kappa shape index (κ1) is 14.6. The molecule has 0 aliphatic carbocycles. The van der Waals surface area contributed by atoms with E-state index in [1.54, 1.807) is 0 Å². The maximum atomic E-state index is 5.78. The van der Waals surface area contributed by atoms with Gasteiger partial charge in [-0.3, -0.25) is 0 Å². The summed E-state index contributed by atoms with van der Waals surface area (Å²) < 4.78 is 6.91. The van der Waals surface area contributed by atoms with E-state index < -0.39 is 0 Å². The first-order valence-corrected chi connectivity index (χ1v) is 8.17. The Hall–Kier alpha value is -1.32. The van der Waals surface area contributed by atoms with Crippen LogP contribution in [0.15, 0.2) is 40.9 Å². The van der Waals surface area contributed by atoms with Gasteiger partial charge in [-0.15, -0.1) is 0 Å². The van der Waals surface area contributed by atoms with Crippen LogP contribution >= 0.6 is 15.9 Å². The van der Waals surface area contributed by atoms with Crippen LogP contribution in [0.25, 0.3) is 0 Å². The van der Waals surface area contributed by atoms with Gasteiger partial charge in [0.15, 0.2) is 0 Å². The van der Waals surface area contributed by atoms with Crippen LogP contribution in [0.1, 0.15) is 35.2 Å². The summed E-state index contributed by atoms with van der Waals surface area (Å²) in [6.07, 6.45) is 1.01. The van der Waals surface area contributed by atoms with Gasteiger partial charge >= 0.3 is 0 Å². The lowest BCUT2D eigenvalue weighted by atomic mass is 10.0. The fourth-order valence-electron chi connectivity index (χ4n) is 2.80. The minimum absolute atomic E-state index is 0.320. The van der Waals surface area contributed by atoms with Crippen molar-refractivity contribution in [1.29, 1.82) is 0 Å². The molecule has 2 aromatic rings. The summed E-state index contributed by atoms with van der Waals surface area (Å²) in [5, 5.41) is 3.60. The molecule has 0 saturated heterocycles. The molecule has 21 heavy (non-hydrogen) atoms. The molecule has 0 spiro atoms. The molecule has 3 rings (SSSR count). The highest BCUT2D eigenvalue weighted by Crippen LogP contribution is 2.33. The highest BCUT2D eigenvalue weighted by atomic mass is 79.9.